The molecule has 2 nitrogen and oxygen atoms in total. The molecule has 1 saturated heterocycles. The second kappa shape index (κ2) is 3.95. The van der Waals surface area contributed by atoms with Crippen LogP contribution < -0.4 is 5.73 Å². The van der Waals surface area contributed by atoms with E-state index in [0.29, 0.717) is 5.92 Å². The summed E-state index contributed by atoms with van der Waals surface area (Å²) in [5, 5.41) is 0. The molecule has 2 heteroatoms. The van der Waals surface area contributed by atoms with Crippen LogP contribution in [0.2, 0.25) is 0 Å². The summed E-state index contributed by atoms with van der Waals surface area (Å²) in [5.41, 5.74) is 7.44. The zero-order valence-electron chi connectivity index (χ0n) is 9.61. The molecule has 1 heterocycles. The lowest BCUT2D eigenvalue weighted by Crippen LogP contribution is -2.58. The smallest absolute Gasteiger partial charge is 0.0234 e. The molecule has 1 aromatic carbocycles. The standard InChI is InChI=1S/C13H20N2/c1-13(2,14)12-9-15(10-12)8-11-6-4-3-5-7-11/h3-7,12H,8-10,14H2,1-2H3. The molecule has 2 N–H and O–H groups in total. The third-order valence-electron chi connectivity index (χ3n) is 3.26. The molecule has 1 aliphatic heterocycles. The summed E-state index contributed by atoms with van der Waals surface area (Å²) in [4.78, 5) is 2.45. The van der Waals surface area contributed by atoms with E-state index in [1.807, 2.05) is 0 Å². The first-order valence-electron chi connectivity index (χ1n) is 5.61. The number of hydrogen-bond donors (Lipinski definition) is 1. The van der Waals surface area contributed by atoms with Gasteiger partial charge in [0.25, 0.3) is 0 Å². The molecule has 0 aromatic heterocycles. The van der Waals surface area contributed by atoms with Crippen LogP contribution in [0.4, 0.5) is 0 Å². The Hall–Kier alpha value is -0.860. The van der Waals surface area contributed by atoms with E-state index in [2.05, 4.69) is 49.1 Å². The van der Waals surface area contributed by atoms with Crippen LogP contribution in [0.25, 0.3) is 0 Å². The zero-order valence-corrected chi connectivity index (χ0v) is 9.61. The second-order valence-corrected chi connectivity index (χ2v) is 5.20. The van der Waals surface area contributed by atoms with Crippen LogP contribution in [-0.2, 0) is 6.54 Å². The Morgan fingerprint density at radius 3 is 2.40 bits per heavy atom. The normalized spacial score (nSPS) is 18.9. The Morgan fingerprint density at radius 1 is 1.27 bits per heavy atom. The maximum Gasteiger partial charge on any atom is 0.0234 e. The summed E-state index contributed by atoms with van der Waals surface area (Å²) in [6.07, 6.45) is 0. The van der Waals surface area contributed by atoms with Gasteiger partial charge in [-0.05, 0) is 19.4 Å². The highest BCUT2D eigenvalue weighted by molar-refractivity contribution is 5.15. The van der Waals surface area contributed by atoms with Crippen LogP contribution in [0, 0.1) is 5.92 Å². The fourth-order valence-corrected chi connectivity index (χ4v) is 2.01. The Morgan fingerprint density at radius 2 is 1.87 bits per heavy atom. The fraction of sp³-hybridized carbons (Fsp3) is 0.538. The van der Waals surface area contributed by atoms with Gasteiger partial charge in [-0.15, -0.1) is 0 Å². The van der Waals surface area contributed by atoms with Crippen molar-refractivity contribution in [1.29, 1.82) is 0 Å². The van der Waals surface area contributed by atoms with Gasteiger partial charge in [-0.25, -0.2) is 0 Å². The number of likely N-dealkylation sites (tertiary alicyclic amines) is 1. The third kappa shape index (κ3) is 2.58. The van der Waals surface area contributed by atoms with Gasteiger partial charge in [-0.1, -0.05) is 30.3 Å². The Labute approximate surface area is 92.1 Å². The highest BCUT2D eigenvalue weighted by atomic mass is 15.2. The monoisotopic (exact) mass is 204 g/mol. The van der Waals surface area contributed by atoms with E-state index in [9.17, 15) is 0 Å². The molecule has 82 valence electrons. The van der Waals surface area contributed by atoms with Gasteiger partial charge in [0.15, 0.2) is 0 Å². The van der Waals surface area contributed by atoms with Gasteiger partial charge in [-0.2, -0.15) is 0 Å². The van der Waals surface area contributed by atoms with Crippen molar-refractivity contribution in [3.63, 3.8) is 0 Å². The molecule has 0 radical (unpaired) electrons. The van der Waals surface area contributed by atoms with E-state index < -0.39 is 0 Å². The molecule has 0 atom stereocenters. The summed E-state index contributed by atoms with van der Waals surface area (Å²) in [5.74, 6) is 0.654. The first-order valence-corrected chi connectivity index (χ1v) is 5.61. The quantitative estimate of drug-likeness (QED) is 0.814. The van der Waals surface area contributed by atoms with Gasteiger partial charge in [0, 0.05) is 31.1 Å². The van der Waals surface area contributed by atoms with Gasteiger partial charge < -0.3 is 5.73 Å². The van der Waals surface area contributed by atoms with E-state index in [-0.39, 0.29) is 5.54 Å². The summed E-state index contributed by atoms with van der Waals surface area (Å²) in [7, 11) is 0. The predicted molar refractivity (Wildman–Crippen MR) is 63.5 cm³/mol. The lowest BCUT2D eigenvalue weighted by atomic mass is 9.82. The summed E-state index contributed by atoms with van der Waals surface area (Å²) >= 11 is 0. The molecule has 0 amide bonds. The molecule has 15 heavy (non-hydrogen) atoms. The zero-order chi connectivity index (χ0) is 10.9. The van der Waals surface area contributed by atoms with Crippen molar-refractivity contribution in [3.05, 3.63) is 35.9 Å². The fourth-order valence-electron chi connectivity index (χ4n) is 2.01. The van der Waals surface area contributed by atoms with Crippen LogP contribution >= 0.6 is 0 Å². The van der Waals surface area contributed by atoms with Gasteiger partial charge in [-0.3, -0.25) is 4.90 Å². The summed E-state index contributed by atoms with van der Waals surface area (Å²) < 4.78 is 0. The number of nitrogens with two attached hydrogens (primary N) is 1. The van der Waals surface area contributed by atoms with Crippen LogP contribution in [0.1, 0.15) is 19.4 Å². The molecule has 0 aliphatic carbocycles. The molecule has 0 bridgehead atoms. The topological polar surface area (TPSA) is 29.3 Å². The highest BCUT2D eigenvalue weighted by Crippen LogP contribution is 2.26. The number of benzene rings is 1. The Bertz CT molecular complexity index is 307. The van der Waals surface area contributed by atoms with Crippen LogP contribution in [0.5, 0.6) is 0 Å². The lowest BCUT2D eigenvalue weighted by Gasteiger charge is -2.46. The van der Waals surface area contributed by atoms with Crippen molar-refractivity contribution in [2.24, 2.45) is 11.7 Å². The maximum absolute atomic E-state index is 6.07. The van der Waals surface area contributed by atoms with Crippen LogP contribution in [0.3, 0.4) is 0 Å². The average Bonchev–Trinajstić information content (AvgIpc) is 2.10. The SMILES string of the molecule is CC(C)(N)C1CN(Cc2ccccc2)C1. The van der Waals surface area contributed by atoms with Crippen molar-refractivity contribution in [2.45, 2.75) is 25.9 Å². The van der Waals surface area contributed by atoms with Crippen molar-refractivity contribution in [1.82, 2.24) is 4.90 Å². The minimum Gasteiger partial charge on any atom is -0.325 e. The molecule has 1 fully saturated rings. The first-order chi connectivity index (χ1) is 7.05. The van der Waals surface area contributed by atoms with Crippen LogP contribution in [-0.4, -0.2) is 23.5 Å². The molecule has 0 unspecified atom stereocenters. The Kier molecular flexibility index (Phi) is 2.81. The molecular weight excluding hydrogens is 184 g/mol. The second-order valence-electron chi connectivity index (χ2n) is 5.20. The Balaban J connectivity index is 1.82. The number of hydrogen-bond acceptors (Lipinski definition) is 2. The minimum absolute atomic E-state index is 0.0206. The van der Waals surface area contributed by atoms with E-state index in [1.165, 1.54) is 5.56 Å². The van der Waals surface area contributed by atoms with Gasteiger partial charge in [0.2, 0.25) is 0 Å². The predicted octanol–water partition coefficient (Wildman–Crippen LogP) is 1.86. The van der Waals surface area contributed by atoms with Crippen molar-refractivity contribution in [3.8, 4) is 0 Å². The molecule has 0 spiro atoms. The number of nitrogens with zero attached hydrogens (tertiary/aromatic N) is 1. The van der Waals surface area contributed by atoms with E-state index in [4.69, 9.17) is 5.73 Å². The average molecular weight is 204 g/mol. The summed E-state index contributed by atoms with van der Waals surface area (Å²) in [6, 6.07) is 10.6. The number of rotatable bonds is 3. The first kappa shape index (κ1) is 10.7. The molecule has 0 saturated carbocycles. The van der Waals surface area contributed by atoms with Gasteiger partial charge in [0.1, 0.15) is 0 Å². The molecular formula is C13H20N2. The lowest BCUT2D eigenvalue weighted by molar-refractivity contribution is 0.0481. The molecule has 1 aliphatic rings. The molecule has 1 aromatic rings. The minimum atomic E-state index is -0.0206. The van der Waals surface area contributed by atoms with E-state index in [1.54, 1.807) is 0 Å². The highest BCUT2D eigenvalue weighted by Gasteiger charge is 2.35. The van der Waals surface area contributed by atoms with Gasteiger partial charge in [0.05, 0.1) is 0 Å². The largest absolute Gasteiger partial charge is 0.325 e. The third-order valence-corrected chi connectivity index (χ3v) is 3.26. The molecule has 2 rings (SSSR count). The van der Waals surface area contributed by atoms with E-state index >= 15 is 0 Å². The van der Waals surface area contributed by atoms with Crippen molar-refractivity contribution < 1.29 is 0 Å². The summed E-state index contributed by atoms with van der Waals surface area (Å²) in [6.45, 7) is 7.58. The van der Waals surface area contributed by atoms with Crippen molar-refractivity contribution >= 4 is 0 Å². The van der Waals surface area contributed by atoms with Crippen molar-refractivity contribution in [2.75, 3.05) is 13.1 Å². The maximum atomic E-state index is 6.07. The van der Waals surface area contributed by atoms with Crippen LogP contribution in [0.15, 0.2) is 30.3 Å². The van der Waals surface area contributed by atoms with Gasteiger partial charge >= 0.3 is 0 Å². The van der Waals surface area contributed by atoms with E-state index in [0.717, 1.165) is 19.6 Å².